The third-order valence-electron chi connectivity index (χ3n) is 5.44. The number of aryl methyl sites for hydroxylation is 1. The summed E-state index contributed by atoms with van der Waals surface area (Å²) < 4.78 is 0. The van der Waals surface area contributed by atoms with E-state index in [1.165, 1.54) is 0 Å². The van der Waals surface area contributed by atoms with Gasteiger partial charge in [0.2, 0.25) is 0 Å². The molecule has 3 rings (SSSR count). The third-order valence-corrected chi connectivity index (χ3v) is 5.44. The first-order chi connectivity index (χ1) is 14.7. The summed E-state index contributed by atoms with van der Waals surface area (Å²) in [6.07, 6.45) is 2.40. The molecule has 0 atom stereocenters. The van der Waals surface area contributed by atoms with E-state index in [1.54, 1.807) is 13.8 Å². The molecule has 1 fully saturated rings. The van der Waals surface area contributed by atoms with Crippen LogP contribution in [0.3, 0.4) is 0 Å². The molecule has 2 aromatic rings. The van der Waals surface area contributed by atoms with Crippen molar-refractivity contribution in [3.8, 4) is 5.75 Å². The maximum absolute atomic E-state index is 12.2. The number of amides is 1. The third kappa shape index (κ3) is 5.56. The number of aliphatic carboxylic acids is 1. The topological polar surface area (TPSA) is 133 Å². The quantitative estimate of drug-likeness (QED) is 0.573. The van der Waals surface area contributed by atoms with Gasteiger partial charge < -0.3 is 20.4 Å². The van der Waals surface area contributed by atoms with Crippen LogP contribution in [0.5, 0.6) is 5.75 Å². The molecule has 0 saturated carbocycles. The highest BCUT2D eigenvalue weighted by Gasteiger charge is 2.23. The van der Waals surface area contributed by atoms with E-state index in [0.717, 1.165) is 31.6 Å². The minimum Gasteiger partial charge on any atom is -0.504 e. The van der Waals surface area contributed by atoms with Crippen molar-refractivity contribution < 1.29 is 24.6 Å². The Balaban J connectivity index is 1.62. The summed E-state index contributed by atoms with van der Waals surface area (Å²) in [4.78, 5) is 45.1. The standard InChI is InChI=1S/C22H26N4O5/c1-13-21(30)20(22(31)23-12-19(28)29)25-18(24-13)11-15-7-9-26(10-8-15)17-5-3-16(4-6-17)14(2)27/h3-6,15,30H,7-12H2,1-2H3,(H,23,31)(H,28,29). The van der Waals surface area contributed by atoms with E-state index in [1.807, 2.05) is 24.3 Å². The number of hydrogen-bond donors (Lipinski definition) is 3. The Morgan fingerprint density at radius 2 is 1.77 bits per heavy atom. The molecule has 0 bridgehead atoms. The molecule has 0 aliphatic carbocycles. The van der Waals surface area contributed by atoms with E-state index >= 15 is 0 Å². The number of carbonyl (C=O) groups is 3. The predicted molar refractivity (Wildman–Crippen MR) is 113 cm³/mol. The Hall–Kier alpha value is -3.49. The van der Waals surface area contributed by atoms with Gasteiger partial charge in [0, 0.05) is 30.8 Å². The van der Waals surface area contributed by atoms with E-state index < -0.39 is 18.4 Å². The zero-order valence-corrected chi connectivity index (χ0v) is 17.6. The number of benzene rings is 1. The van der Waals surface area contributed by atoms with Crippen molar-refractivity contribution in [3.63, 3.8) is 0 Å². The van der Waals surface area contributed by atoms with E-state index in [9.17, 15) is 19.5 Å². The van der Waals surface area contributed by atoms with Crippen molar-refractivity contribution in [1.82, 2.24) is 15.3 Å². The number of ketones is 1. The summed E-state index contributed by atoms with van der Waals surface area (Å²) in [5.74, 6) is -1.43. The molecule has 0 spiro atoms. The molecule has 1 aromatic heterocycles. The van der Waals surface area contributed by atoms with Crippen molar-refractivity contribution in [2.75, 3.05) is 24.5 Å². The van der Waals surface area contributed by atoms with Gasteiger partial charge in [-0.25, -0.2) is 9.97 Å². The highest BCUT2D eigenvalue weighted by molar-refractivity contribution is 5.96. The second-order valence-corrected chi connectivity index (χ2v) is 7.74. The lowest BCUT2D eigenvalue weighted by atomic mass is 9.92. The highest BCUT2D eigenvalue weighted by Crippen LogP contribution is 2.27. The summed E-state index contributed by atoms with van der Waals surface area (Å²) in [7, 11) is 0. The van der Waals surface area contributed by atoms with Gasteiger partial charge in [0.1, 0.15) is 12.4 Å². The second-order valence-electron chi connectivity index (χ2n) is 7.74. The van der Waals surface area contributed by atoms with Gasteiger partial charge in [-0.3, -0.25) is 14.4 Å². The fourth-order valence-electron chi connectivity index (χ4n) is 3.67. The van der Waals surface area contributed by atoms with Crippen LogP contribution in [-0.2, 0) is 11.2 Å². The van der Waals surface area contributed by atoms with Crippen LogP contribution in [0.1, 0.15) is 52.1 Å². The second kappa shape index (κ2) is 9.55. The van der Waals surface area contributed by atoms with Crippen LogP contribution in [0.25, 0.3) is 0 Å². The van der Waals surface area contributed by atoms with Gasteiger partial charge in [0.15, 0.2) is 17.2 Å². The number of rotatable bonds is 7. The van der Waals surface area contributed by atoms with Gasteiger partial charge in [0.25, 0.3) is 5.91 Å². The smallest absolute Gasteiger partial charge is 0.322 e. The summed E-state index contributed by atoms with van der Waals surface area (Å²) in [6, 6.07) is 7.61. The highest BCUT2D eigenvalue weighted by atomic mass is 16.4. The van der Waals surface area contributed by atoms with Gasteiger partial charge in [-0.1, -0.05) is 0 Å². The van der Waals surface area contributed by atoms with Crippen LogP contribution >= 0.6 is 0 Å². The number of carboxylic acid groups (broad SMARTS) is 1. The van der Waals surface area contributed by atoms with Crippen LogP contribution in [0, 0.1) is 12.8 Å². The molecule has 3 N–H and O–H groups in total. The summed E-state index contributed by atoms with van der Waals surface area (Å²) in [5, 5.41) is 21.0. The van der Waals surface area contributed by atoms with E-state index in [2.05, 4.69) is 20.2 Å². The monoisotopic (exact) mass is 426 g/mol. The number of carboxylic acids is 1. The zero-order chi connectivity index (χ0) is 22.5. The molecule has 9 heteroatoms. The van der Waals surface area contributed by atoms with Gasteiger partial charge in [-0.2, -0.15) is 0 Å². The lowest BCUT2D eigenvalue weighted by molar-refractivity contribution is -0.135. The number of anilines is 1. The first-order valence-electron chi connectivity index (χ1n) is 10.2. The predicted octanol–water partition coefficient (Wildman–Crippen LogP) is 1.97. The molecule has 31 heavy (non-hydrogen) atoms. The summed E-state index contributed by atoms with van der Waals surface area (Å²) in [6.45, 7) is 4.29. The van der Waals surface area contributed by atoms with Gasteiger partial charge >= 0.3 is 5.97 Å². The molecule has 0 unspecified atom stereocenters. The van der Waals surface area contributed by atoms with Crippen molar-refractivity contribution in [1.29, 1.82) is 0 Å². The SMILES string of the molecule is CC(=O)c1ccc(N2CCC(Cc3nc(C)c(O)c(C(=O)NCC(=O)O)n3)CC2)cc1. The number of carbonyl (C=O) groups excluding carboxylic acids is 2. The molecular formula is C22H26N4O5. The average Bonchev–Trinajstić information content (AvgIpc) is 2.75. The molecule has 1 aliphatic rings. The number of hydrogen-bond acceptors (Lipinski definition) is 7. The first-order valence-corrected chi connectivity index (χ1v) is 10.2. The lowest BCUT2D eigenvalue weighted by Gasteiger charge is -2.33. The Labute approximate surface area is 180 Å². The fourth-order valence-corrected chi connectivity index (χ4v) is 3.67. The molecule has 0 radical (unpaired) electrons. The van der Waals surface area contributed by atoms with E-state index in [0.29, 0.717) is 23.7 Å². The maximum atomic E-state index is 12.2. The fraction of sp³-hybridized carbons (Fsp3) is 0.409. The molecule has 9 nitrogen and oxygen atoms in total. The molecule has 1 amide bonds. The van der Waals surface area contributed by atoms with Crippen LogP contribution in [0.4, 0.5) is 5.69 Å². The summed E-state index contributed by atoms with van der Waals surface area (Å²) >= 11 is 0. The number of Topliss-reactive ketones (excluding diaryl/α,β-unsaturated/α-hetero) is 1. The first kappa shape index (κ1) is 22.2. The maximum Gasteiger partial charge on any atom is 0.322 e. The lowest BCUT2D eigenvalue weighted by Crippen LogP contribution is -2.34. The Kier molecular flexibility index (Phi) is 6.84. The van der Waals surface area contributed by atoms with Gasteiger partial charge in [0.05, 0.1) is 5.69 Å². The minimum absolute atomic E-state index is 0.0467. The molecule has 1 saturated heterocycles. The van der Waals surface area contributed by atoms with Crippen molar-refractivity contribution in [2.24, 2.45) is 5.92 Å². The number of aromatic nitrogens is 2. The summed E-state index contributed by atoms with van der Waals surface area (Å²) in [5.41, 5.74) is 1.86. The largest absolute Gasteiger partial charge is 0.504 e. The van der Waals surface area contributed by atoms with Crippen LogP contribution in [0.2, 0.25) is 0 Å². The van der Waals surface area contributed by atoms with E-state index in [4.69, 9.17) is 5.11 Å². The number of nitrogens with one attached hydrogen (secondary N) is 1. The Morgan fingerprint density at radius 1 is 1.13 bits per heavy atom. The van der Waals surface area contributed by atoms with Gasteiger partial charge in [-0.05, 0) is 56.9 Å². The normalized spacial score (nSPS) is 14.3. The molecular weight excluding hydrogens is 400 g/mol. The molecule has 2 heterocycles. The molecule has 1 aliphatic heterocycles. The number of aromatic hydroxyl groups is 1. The van der Waals surface area contributed by atoms with Crippen molar-refractivity contribution in [3.05, 3.63) is 47.0 Å². The zero-order valence-electron chi connectivity index (χ0n) is 17.6. The molecule has 164 valence electrons. The number of nitrogens with zero attached hydrogens (tertiary/aromatic N) is 3. The van der Waals surface area contributed by atoms with Crippen LogP contribution < -0.4 is 10.2 Å². The minimum atomic E-state index is -1.18. The van der Waals surface area contributed by atoms with Crippen molar-refractivity contribution >= 4 is 23.3 Å². The Bertz CT molecular complexity index is 982. The molecule has 1 aromatic carbocycles. The van der Waals surface area contributed by atoms with Crippen molar-refractivity contribution in [2.45, 2.75) is 33.1 Å². The average molecular weight is 426 g/mol. The Morgan fingerprint density at radius 3 is 2.35 bits per heavy atom. The van der Waals surface area contributed by atoms with Crippen LogP contribution in [0.15, 0.2) is 24.3 Å². The van der Waals surface area contributed by atoms with E-state index in [-0.39, 0.29) is 22.9 Å². The number of piperidine rings is 1. The van der Waals surface area contributed by atoms with Crippen LogP contribution in [-0.4, -0.2) is 57.5 Å². The van der Waals surface area contributed by atoms with Gasteiger partial charge in [-0.15, -0.1) is 0 Å².